The van der Waals surface area contributed by atoms with Gasteiger partial charge in [0.05, 0.1) is 12.7 Å². The quantitative estimate of drug-likeness (QED) is 0.760. The maximum absolute atomic E-state index is 5.54. The minimum atomic E-state index is 0.303. The average Bonchev–Trinajstić information content (AvgIpc) is 2.71. The van der Waals surface area contributed by atoms with Gasteiger partial charge in [0.25, 0.3) is 0 Å². The number of halogens is 1. The molecule has 1 aromatic heterocycles. The summed E-state index contributed by atoms with van der Waals surface area (Å²) in [7, 11) is 0. The minimum Gasteiger partial charge on any atom is -0.374 e. The molecule has 13 heavy (non-hydrogen) atoms. The second-order valence-electron chi connectivity index (χ2n) is 2.91. The van der Waals surface area contributed by atoms with Crippen LogP contribution in [0.15, 0.2) is 11.6 Å². The molecule has 0 spiro atoms. The number of hydrogen-bond acceptors (Lipinski definition) is 4. The maximum atomic E-state index is 5.54. The fourth-order valence-corrected chi connectivity index (χ4v) is 2.43. The Kier molecular flexibility index (Phi) is 3.18. The van der Waals surface area contributed by atoms with Gasteiger partial charge in [0.1, 0.15) is 0 Å². The molecule has 1 fully saturated rings. The molecular weight excluding hydrogens is 252 g/mol. The van der Waals surface area contributed by atoms with Crippen LogP contribution < -0.4 is 4.90 Å². The number of nitrogens with zero attached hydrogens (tertiary/aromatic N) is 2. The monoisotopic (exact) mass is 262 g/mol. The van der Waals surface area contributed by atoms with Crippen LogP contribution in [0.25, 0.3) is 0 Å². The highest BCUT2D eigenvalue weighted by Crippen LogP contribution is 2.20. The van der Waals surface area contributed by atoms with Gasteiger partial charge < -0.3 is 9.64 Å². The molecule has 1 aliphatic rings. The molecule has 0 bridgehead atoms. The molecule has 0 aromatic carbocycles. The van der Waals surface area contributed by atoms with E-state index < -0.39 is 0 Å². The third-order valence-corrected chi connectivity index (χ3v) is 3.56. The molecule has 72 valence electrons. The number of morpholine rings is 1. The molecule has 0 aliphatic carbocycles. The Hall–Kier alpha value is -0.130. The summed E-state index contributed by atoms with van der Waals surface area (Å²) in [5.41, 5.74) is 0. The lowest BCUT2D eigenvalue weighted by Crippen LogP contribution is -2.43. The van der Waals surface area contributed by atoms with Gasteiger partial charge in [-0.05, 0) is 0 Å². The van der Waals surface area contributed by atoms with Crippen molar-refractivity contribution in [3.8, 4) is 0 Å². The van der Waals surface area contributed by atoms with Crippen molar-refractivity contribution in [2.45, 2.75) is 6.10 Å². The number of rotatable bonds is 2. The minimum absolute atomic E-state index is 0.303. The predicted octanol–water partition coefficient (Wildman–Crippen LogP) is 1.74. The zero-order chi connectivity index (χ0) is 9.10. The van der Waals surface area contributed by atoms with Gasteiger partial charge in [-0.3, -0.25) is 0 Å². The Bertz CT molecular complexity index is 255. The first kappa shape index (κ1) is 9.43. The highest BCUT2D eigenvalue weighted by Gasteiger charge is 2.20. The van der Waals surface area contributed by atoms with E-state index in [2.05, 4.69) is 25.8 Å². The predicted molar refractivity (Wildman–Crippen MR) is 57.9 cm³/mol. The molecule has 5 heteroatoms. The van der Waals surface area contributed by atoms with Crippen molar-refractivity contribution in [3.63, 3.8) is 0 Å². The van der Waals surface area contributed by atoms with Gasteiger partial charge in [0.15, 0.2) is 5.13 Å². The summed E-state index contributed by atoms with van der Waals surface area (Å²) in [5, 5.41) is 4.01. The fraction of sp³-hybridized carbons (Fsp3) is 0.625. The van der Waals surface area contributed by atoms with Crippen LogP contribution in [0, 0.1) is 0 Å². The smallest absolute Gasteiger partial charge is 0.185 e. The number of anilines is 1. The lowest BCUT2D eigenvalue weighted by Gasteiger charge is -2.31. The van der Waals surface area contributed by atoms with Gasteiger partial charge >= 0.3 is 0 Å². The van der Waals surface area contributed by atoms with Crippen LogP contribution in [0.3, 0.4) is 0 Å². The molecule has 0 amide bonds. The molecule has 1 aromatic rings. The summed E-state index contributed by atoms with van der Waals surface area (Å²) in [6, 6.07) is 0. The van der Waals surface area contributed by atoms with Crippen molar-refractivity contribution in [1.82, 2.24) is 4.98 Å². The normalized spacial score (nSPS) is 23.5. The van der Waals surface area contributed by atoms with Crippen LogP contribution in [0.2, 0.25) is 0 Å². The van der Waals surface area contributed by atoms with E-state index in [-0.39, 0.29) is 0 Å². The molecule has 0 radical (unpaired) electrons. The Morgan fingerprint density at radius 3 is 3.38 bits per heavy atom. The summed E-state index contributed by atoms with van der Waals surface area (Å²) in [6.07, 6.45) is 2.15. The van der Waals surface area contributed by atoms with Gasteiger partial charge in [0, 0.05) is 30.0 Å². The van der Waals surface area contributed by atoms with Gasteiger partial charge in [0.2, 0.25) is 0 Å². The number of ether oxygens (including phenoxy) is 1. The van der Waals surface area contributed by atoms with Crippen molar-refractivity contribution in [2.24, 2.45) is 0 Å². The molecule has 1 unspecified atom stereocenters. The first-order valence-corrected chi connectivity index (χ1v) is 6.22. The summed E-state index contributed by atoms with van der Waals surface area (Å²) < 4.78 is 5.54. The zero-order valence-electron chi connectivity index (χ0n) is 7.15. The van der Waals surface area contributed by atoms with E-state index in [0.717, 1.165) is 30.2 Å². The Labute approximate surface area is 89.9 Å². The third kappa shape index (κ3) is 2.21. The Morgan fingerprint density at radius 1 is 1.77 bits per heavy atom. The van der Waals surface area contributed by atoms with E-state index in [1.165, 1.54) is 0 Å². The van der Waals surface area contributed by atoms with Crippen LogP contribution in [-0.4, -0.2) is 36.1 Å². The third-order valence-electron chi connectivity index (χ3n) is 2.00. The summed E-state index contributed by atoms with van der Waals surface area (Å²) in [6.45, 7) is 2.70. The number of thiazole rings is 1. The van der Waals surface area contributed by atoms with Crippen LogP contribution in [-0.2, 0) is 4.74 Å². The number of alkyl halides is 1. The highest BCUT2D eigenvalue weighted by molar-refractivity contribution is 9.09. The first-order valence-electron chi connectivity index (χ1n) is 4.22. The maximum Gasteiger partial charge on any atom is 0.185 e. The molecule has 2 heterocycles. The lowest BCUT2D eigenvalue weighted by molar-refractivity contribution is 0.0571. The van der Waals surface area contributed by atoms with E-state index >= 15 is 0 Å². The molecular formula is C8H11BrN2OS. The van der Waals surface area contributed by atoms with E-state index in [4.69, 9.17) is 4.74 Å². The fourth-order valence-electron chi connectivity index (χ4n) is 1.36. The summed E-state index contributed by atoms with van der Waals surface area (Å²) in [5.74, 6) is 0. The summed E-state index contributed by atoms with van der Waals surface area (Å²) >= 11 is 5.12. The van der Waals surface area contributed by atoms with E-state index in [9.17, 15) is 0 Å². The van der Waals surface area contributed by atoms with Crippen LogP contribution in [0.5, 0.6) is 0 Å². The first-order chi connectivity index (χ1) is 6.40. The SMILES string of the molecule is BrCC1CN(c2nccs2)CCO1. The molecule has 0 saturated carbocycles. The van der Waals surface area contributed by atoms with Crippen LogP contribution in [0.1, 0.15) is 0 Å². The van der Waals surface area contributed by atoms with E-state index in [1.54, 1.807) is 11.3 Å². The molecule has 1 aliphatic heterocycles. The van der Waals surface area contributed by atoms with E-state index in [0.29, 0.717) is 6.10 Å². The summed E-state index contributed by atoms with van der Waals surface area (Å²) in [4.78, 5) is 6.56. The molecule has 1 atom stereocenters. The van der Waals surface area contributed by atoms with Crippen molar-refractivity contribution >= 4 is 32.4 Å². The van der Waals surface area contributed by atoms with Gasteiger partial charge in [-0.1, -0.05) is 15.9 Å². The van der Waals surface area contributed by atoms with Crippen molar-refractivity contribution < 1.29 is 4.74 Å². The zero-order valence-corrected chi connectivity index (χ0v) is 9.55. The number of aromatic nitrogens is 1. The van der Waals surface area contributed by atoms with Gasteiger partial charge in [-0.25, -0.2) is 4.98 Å². The lowest BCUT2D eigenvalue weighted by atomic mass is 10.3. The van der Waals surface area contributed by atoms with E-state index in [1.807, 2.05) is 11.6 Å². The molecule has 1 saturated heterocycles. The van der Waals surface area contributed by atoms with Crippen molar-refractivity contribution in [3.05, 3.63) is 11.6 Å². The van der Waals surface area contributed by atoms with Gasteiger partial charge in [-0.15, -0.1) is 11.3 Å². The Balaban J connectivity index is 2.00. The second kappa shape index (κ2) is 4.39. The van der Waals surface area contributed by atoms with Crippen molar-refractivity contribution in [1.29, 1.82) is 0 Å². The van der Waals surface area contributed by atoms with Crippen LogP contribution in [0.4, 0.5) is 5.13 Å². The largest absolute Gasteiger partial charge is 0.374 e. The van der Waals surface area contributed by atoms with Gasteiger partial charge in [-0.2, -0.15) is 0 Å². The highest BCUT2D eigenvalue weighted by atomic mass is 79.9. The van der Waals surface area contributed by atoms with Crippen molar-refractivity contribution in [2.75, 3.05) is 29.9 Å². The standard InChI is InChI=1S/C8H11BrN2OS/c9-5-7-6-11(2-3-12-7)8-10-1-4-13-8/h1,4,7H,2-3,5-6H2. The second-order valence-corrected chi connectivity index (χ2v) is 4.43. The molecule has 2 rings (SSSR count). The molecule has 3 nitrogen and oxygen atoms in total. The Morgan fingerprint density at radius 2 is 2.69 bits per heavy atom. The van der Waals surface area contributed by atoms with Crippen LogP contribution >= 0.6 is 27.3 Å². The number of hydrogen-bond donors (Lipinski definition) is 0. The average molecular weight is 263 g/mol. The molecule has 0 N–H and O–H groups in total. The topological polar surface area (TPSA) is 25.4 Å².